The Bertz CT molecular complexity index is 785. The lowest BCUT2D eigenvalue weighted by atomic mass is 10.1. The molecule has 5 nitrogen and oxygen atoms in total. The van der Waals surface area contributed by atoms with Crippen LogP contribution >= 0.6 is 0 Å². The van der Waals surface area contributed by atoms with Crippen molar-refractivity contribution in [2.75, 3.05) is 22.5 Å². The number of hydrogen-bond donors (Lipinski definition) is 3. The molecule has 0 aromatic heterocycles. The van der Waals surface area contributed by atoms with Gasteiger partial charge >= 0.3 is 0 Å². The third kappa shape index (κ3) is 5.08. The van der Waals surface area contributed by atoms with E-state index in [0.29, 0.717) is 6.42 Å². The topological polar surface area (TPSA) is 70.2 Å². The van der Waals surface area contributed by atoms with Crippen molar-refractivity contribution in [2.24, 2.45) is 0 Å². The number of aryl methyl sites for hydroxylation is 2. The van der Waals surface area contributed by atoms with E-state index >= 15 is 0 Å². The molecule has 5 heteroatoms. The first-order valence-electron chi connectivity index (χ1n) is 8.41. The largest absolute Gasteiger partial charge is 0.376 e. The summed E-state index contributed by atoms with van der Waals surface area (Å²) in [6, 6.07) is 11.6. The van der Waals surface area contributed by atoms with Gasteiger partial charge in [0.15, 0.2) is 0 Å². The van der Waals surface area contributed by atoms with Gasteiger partial charge < -0.3 is 16.0 Å². The normalized spacial score (nSPS) is 10.2. The van der Waals surface area contributed by atoms with Crippen molar-refractivity contribution < 1.29 is 9.59 Å². The Morgan fingerprint density at radius 1 is 0.880 bits per heavy atom. The Hall–Kier alpha value is -2.82. The molecule has 0 fully saturated rings. The number of carbonyl (C=O) groups is 2. The highest BCUT2D eigenvalue weighted by Gasteiger charge is 2.09. The maximum atomic E-state index is 12.2. The summed E-state index contributed by atoms with van der Waals surface area (Å²) < 4.78 is 0. The Kier molecular flexibility index (Phi) is 6.17. The number of amides is 2. The lowest BCUT2D eigenvalue weighted by Gasteiger charge is -2.14. The summed E-state index contributed by atoms with van der Waals surface area (Å²) in [5, 5.41) is 8.92. The number of benzene rings is 2. The van der Waals surface area contributed by atoms with Gasteiger partial charge in [-0.1, -0.05) is 25.1 Å². The average Bonchev–Trinajstić information content (AvgIpc) is 2.58. The molecule has 0 atom stereocenters. The smallest absolute Gasteiger partial charge is 0.243 e. The van der Waals surface area contributed by atoms with Crippen LogP contribution in [-0.2, 0) is 9.59 Å². The van der Waals surface area contributed by atoms with E-state index in [9.17, 15) is 9.59 Å². The van der Waals surface area contributed by atoms with E-state index < -0.39 is 0 Å². The molecule has 0 aliphatic rings. The fourth-order valence-electron chi connectivity index (χ4n) is 2.44. The van der Waals surface area contributed by atoms with Crippen LogP contribution in [0.5, 0.6) is 0 Å². The fraction of sp³-hybridized carbons (Fsp3) is 0.300. The lowest BCUT2D eigenvalue weighted by Crippen LogP contribution is -2.22. The van der Waals surface area contributed by atoms with Crippen LogP contribution in [0.2, 0.25) is 0 Å². The van der Waals surface area contributed by atoms with E-state index in [-0.39, 0.29) is 18.4 Å². The molecule has 0 saturated carbocycles. The van der Waals surface area contributed by atoms with Crippen molar-refractivity contribution in [1.29, 1.82) is 0 Å². The summed E-state index contributed by atoms with van der Waals surface area (Å²) in [6.07, 6.45) is 0.426. The first-order chi connectivity index (χ1) is 11.9. The molecule has 25 heavy (non-hydrogen) atoms. The predicted molar refractivity (Wildman–Crippen MR) is 103 cm³/mol. The SMILES string of the molecule is CCC(=O)Nc1cccc(NCC(=O)Nc2cc(C)ccc2C)c1C. The molecule has 0 aliphatic heterocycles. The molecule has 0 saturated heterocycles. The summed E-state index contributed by atoms with van der Waals surface area (Å²) in [6.45, 7) is 7.83. The molecule has 0 bridgehead atoms. The maximum absolute atomic E-state index is 12.2. The number of hydrogen-bond acceptors (Lipinski definition) is 3. The van der Waals surface area contributed by atoms with Crippen LogP contribution in [0.1, 0.15) is 30.0 Å². The van der Waals surface area contributed by atoms with Crippen molar-refractivity contribution in [3.05, 3.63) is 53.1 Å². The van der Waals surface area contributed by atoms with Gasteiger partial charge in [-0.25, -0.2) is 0 Å². The van der Waals surface area contributed by atoms with Gasteiger partial charge in [-0.2, -0.15) is 0 Å². The molecule has 0 heterocycles. The van der Waals surface area contributed by atoms with Gasteiger partial charge in [0.05, 0.1) is 6.54 Å². The molecular weight excluding hydrogens is 314 g/mol. The molecule has 3 N–H and O–H groups in total. The quantitative estimate of drug-likeness (QED) is 0.745. The summed E-state index contributed by atoms with van der Waals surface area (Å²) in [5.41, 5.74) is 5.44. The molecule has 2 amide bonds. The molecule has 0 aliphatic carbocycles. The minimum absolute atomic E-state index is 0.0343. The van der Waals surface area contributed by atoms with E-state index in [1.165, 1.54) is 0 Å². The highest BCUT2D eigenvalue weighted by atomic mass is 16.2. The number of nitrogens with one attached hydrogen (secondary N) is 3. The van der Waals surface area contributed by atoms with E-state index in [2.05, 4.69) is 16.0 Å². The summed E-state index contributed by atoms with van der Waals surface area (Å²) in [7, 11) is 0. The Labute approximate surface area is 148 Å². The number of anilines is 3. The highest BCUT2D eigenvalue weighted by molar-refractivity contribution is 5.95. The lowest BCUT2D eigenvalue weighted by molar-refractivity contribution is -0.116. The van der Waals surface area contributed by atoms with E-state index in [4.69, 9.17) is 0 Å². The van der Waals surface area contributed by atoms with Gasteiger partial charge in [0, 0.05) is 23.5 Å². The first kappa shape index (κ1) is 18.5. The van der Waals surface area contributed by atoms with Crippen LogP contribution in [-0.4, -0.2) is 18.4 Å². The molecule has 2 aromatic rings. The second-order valence-corrected chi connectivity index (χ2v) is 6.10. The number of carbonyl (C=O) groups excluding carboxylic acids is 2. The average molecular weight is 339 g/mol. The minimum Gasteiger partial charge on any atom is -0.376 e. The zero-order valence-corrected chi connectivity index (χ0v) is 15.2. The van der Waals surface area contributed by atoms with Crippen LogP contribution in [0.3, 0.4) is 0 Å². The molecule has 2 aromatic carbocycles. The van der Waals surface area contributed by atoms with Crippen LogP contribution < -0.4 is 16.0 Å². The van der Waals surface area contributed by atoms with Gasteiger partial charge in [0.25, 0.3) is 0 Å². The molecular formula is C20H25N3O2. The van der Waals surface area contributed by atoms with Crippen molar-refractivity contribution in [3.63, 3.8) is 0 Å². The van der Waals surface area contributed by atoms with Crippen LogP contribution in [0.15, 0.2) is 36.4 Å². The van der Waals surface area contributed by atoms with Crippen molar-refractivity contribution in [3.8, 4) is 0 Å². The molecule has 0 spiro atoms. The summed E-state index contributed by atoms with van der Waals surface area (Å²) >= 11 is 0. The van der Waals surface area contributed by atoms with Crippen LogP contribution in [0, 0.1) is 20.8 Å². The van der Waals surface area contributed by atoms with Crippen molar-refractivity contribution in [2.45, 2.75) is 34.1 Å². The second-order valence-electron chi connectivity index (χ2n) is 6.10. The predicted octanol–water partition coefficient (Wildman–Crippen LogP) is 4.01. The van der Waals surface area contributed by atoms with E-state index in [1.54, 1.807) is 0 Å². The fourth-order valence-corrected chi connectivity index (χ4v) is 2.44. The minimum atomic E-state index is -0.115. The Morgan fingerprint density at radius 3 is 2.28 bits per heavy atom. The molecule has 132 valence electrons. The van der Waals surface area contributed by atoms with Gasteiger partial charge in [0.2, 0.25) is 11.8 Å². The molecule has 0 unspecified atom stereocenters. The third-order valence-corrected chi connectivity index (χ3v) is 4.04. The van der Waals surface area contributed by atoms with E-state index in [0.717, 1.165) is 33.8 Å². The Balaban J connectivity index is 2.01. The van der Waals surface area contributed by atoms with Crippen LogP contribution in [0.25, 0.3) is 0 Å². The zero-order valence-electron chi connectivity index (χ0n) is 15.2. The van der Waals surface area contributed by atoms with Crippen molar-refractivity contribution >= 4 is 28.9 Å². The summed E-state index contributed by atoms with van der Waals surface area (Å²) in [4.78, 5) is 23.8. The first-order valence-corrected chi connectivity index (χ1v) is 8.41. The van der Waals surface area contributed by atoms with Gasteiger partial charge in [-0.3, -0.25) is 9.59 Å². The third-order valence-electron chi connectivity index (χ3n) is 4.04. The van der Waals surface area contributed by atoms with Crippen molar-refractivity contribution in [1.82, 2.24) is 0 Å². The highest BCUT2D eigenvalue weighted by Crippen LogP contribution is 2.23. The summed E-state index contributed by atoms with van der Waals surface area (Å²) in [5.74, 6) is -0.149. The zero-order chi connectivity index (χ0) is 18.4. The number of rotatable bonds is 6. The Morgan fingerprint density at radius 2 is 1.56 bits per heavy atom. The van der Waals surface area contributed by atoms with Gasteiger partial charge in [-0.15, -0.1) is 0 Å². The molecule has 0 radical (unpaired) electrons. The standard InChI is InChI=1S/C20H25N3O2/c1-5-19(24)22-17-8-6-7-16(15(17)4)21-12-20(25)23-18-11-13(2)9-10-14(18)3/h6-11,21H,5,12H2,1-4H3,(H,22,24)(H,23,25). The monoisotopic (exact) mass is 339 g/mol. The van der Waals surface area contributed by atoms with Crippen LogP contribution in [0.4, 0.5) is 17.1 Å². The maximum Gasteiger partial charge on any atom is 0.243 e. The van der Waals surface area contributed by atoms with Gasteiger partial charge in [0.1, 0.15) is 0 Å². The van der Waals surface area contributed by atoms with Gasteiger partial charge in [-0.05, 0) is 55.7 Å². The van der Waals surface area contributed by atoms with E-state index in [1.807, 2.05) is 64.1 Å². The second kappa shape index (κ2) is 8.33. The molecule has 2 rings (SSSR count).